The highest BCUT2D eigenvalue weighted by Crippen LogP contribution is 2.24. The third kappa shape index (κ3) is 4.71. The molecule has 0 atom stereocenters. The molecule has 1 aromatic rings. The summed E-state index contributed by atoms with van der Waals surface area (Å²) < 4.78 is 47.9. The number of alkyl halides is 2. The summed E-state index contributed by atoms with van der Waals surface area (Å²) >= 11 is 0. The van der Waals surface area contributed by atoms with Crippen molar-refractivity contribution in [2.45, 2.75) is 55.3 Å². The Morgan fingerprint density at radius 3 is 2.26 bits per heavy atom. The van der Waals surface area contributed by atoms with Crippen molar-refractivity contribution < 1.29 is 22.3 Å². The van der Waals surface area contributed by atoms with E-state index in [0.29, 0.717) is 19.1 Å². The maximum absolute atomic E-state index is 12.5. The van der Waals surface area contributed by atoms with Gasteiger partial charge in [-0.25, -0.2) is 8.42 Å². The number of rotatable bonds is 7. The lowest BCUT2D eigenvalue weighted by atomic mass is 9.94. The molecule has 0 saturated heterocycles. The van der Waals surface area contributed by atoms with Crippen LogP contribution in [0, 0.1) is 0 Å². The highest BCUT2D eigenvalue weighted by atomic mass is 32.2. The molecule has 23 heavy (non-hydrogen) atoms. The molecule has 1 aliphatic carbocycles. The van der Waals surface area contributed by atoms with Gasteiger partial charge in [-0.15, -0.1) is 0 Å². The smallest absolute Gasteiger partial charge is 0.341 e. The maximum atomic E-state index is 12.5. The molecule has 130 valence electrons. The van der Waals surface area contributed by atoms with Crippen molar-refractivity contribution in [1.82, 2.24) is 4.90 Å². The van der Waals surface area contributed by atoms with Crippen LogP contribution in [0.2, 0.25) is 0 Å². The fraction of sp³-hybridized carbons (Fsp3) is 0.625. The molecule has 0 radical (unpaired) electrons. The lowest BCUT2D eigenvalue weighted by Crippen LogP contribution is -2.38. The predicted molar refractivity (Wildman–Crippen MR) is 84.0 cm³/mol. The van der Waals surface area contributed by atoms with Gasteiger partial charge in [-0.1, -0.05) is 31.4 Å². The molecule has 1 aromatic carbocycles. The van der Waals surface area contributed by atoms with Gasteiger partial charge in [0.2, 0.25) is 9.84 Å². The summed E-state index contributed by atoms with van der Waals surface area (Å²) in [5.74, 6) is -3.40. The highest BCUT2D eigenvalue weighted by Gasteiger charge is 2.26. The molecule has 1 fully saturated rings. The van der Waals surface area contributed by atoms with E-state index in [9.17, 15) is 22.3 Å². The number of halogens is 2. The van der Waals surface area contributed by atoms with Crippen molar-refractivity contribution in [2.24, 2.45) is 0 Å². The minimum absolute atomic E-state index is 0.0638. The zero-order chi connectivity index (χ0) is 16.9. The van der Waals surface area contributed by atoms with E-state index in [1.807, 2.05) is 0 Å². The first-order valence-electron chi connectivity index (χ1n) is 7.91. The number of sulfone groups is 1. The lowest BCUT2D eigenvalue weighted by Gasteiger charge is -2.34. The van der Waals surface area contributed by atoms with Crippen molar-refractivity contribution in [3.8, 4) is 0 Å². The predicted octanol–water partition coefficient (Wildman–Crippen LogP) is 2.81. The Bertz CT molecular complexity index is 584. The van der Waals surface area contributed by atoms with Gasteiger partial charge in [0.05, 0.1) is 11.5 Å². The molecule has 0 amide bonds. The van der Waals surface area contributed by atoms with Gasteiger partial charge in [0, 0.05) is 19.1 Å². The third-order valence-corrected chi connectivity index (χ3v) is 5.75. The molecule has 2 rings (SSSR count). The van der Waals surface area contributed by atoms with Crippen molar-refractivity contribution in [2.75, 3.05) is 13.2 Å². The van der Waals surface area contributed by atoms with Crippen LogP contribution < -0.4 is 0 Å². The monoisotopic (exact) mass is 347 g/mol. The minimum atomic E-state index is -4.54. The Balaban J connectivity index is 2.08. The fourth-order valence-electron chi connectivity index (χ4n) is 3.09. The standard InChI is InChI=1S/C16H23F2NO3S/c17-16(18)23(21,22)15-8-6-13(7-9-15)12-19(10-11-20)14-4-2-1-3-5-14/h6-9,14,16,20H,1-5,10-12H2. The van der Waals surface area contributed by atoms with E-state index in [1.54, 1.807) is 12.1 Å². The van der Waals surface area contributed by atoms with Crippen LogP contribution in [0.15, 0.2) is 29.2 Å². The molecule has 1 N–H and O–H groups in total. The SMILES string of the molecule is O=S(=O)(c1ccc(CN(CCO)C2CCCCC2)cc1)C(F)F. The van der Waals surface area contributed by atoms with Crippen LogP contribution in [0.3, 0.4) is 0 Å². The first kappa shape index (κ1) is 18.3. The summed E-state index contributed by atoms with van der Waals surface area (Å²) in [5, 5.41) is 9.25. The van der Waals surface area contributed by atoms with Crippen molar-refractivity contribution in [3.05, 3.63) is 29.8 Å². The molecular weight excluding hydrogens is 324 g/mol. The van der Waals surface area contributed by atoms with Crippen LogP contribution in [0.4, 0.5) is 8.78 Å². The summed E-state index contributed by atoms with van der Waals surface area (Å²) in [6.07, 6.45) is 5.79. The van der Waals surface area contributed by atoms with Gasteiger partial charge in [-0.05, 0) is 30.5 Å². The summed E-state index contributed by atoms with van der Waals surface area (Å²) in [7, 11) is -4.54. The van der Waals surface area contributed by atoms with E-state index in [4.69, 9.17) is 0 Å². The van der Waals surface area contributed by atoms with Gasteiger partial charge < -0.3 is 5.11 Å². The van der Waals surface area contributed by atoms with Crippen LogP contribution >= 0.6 is 0 Å². The average Bonchev–Trinajstić information content (AvgIpc) is 2.55. The van der Waals surface area contributed by atoms with Gasteiger partial charge in [0.25, 0.3) is 0 Å². The number of aliphatic hydroxyl groups excluding tert-OH is 1. The van der Waals surface area contributed by atoms with E-state index in [-0.39, 0.29) is 11.5 Å². The zero-order valence-corrected chi connectivity index (χ0v) is 13.8. The minimum Gasteiger partial charge on any atom is -0.395 e. The van der Waals surface area contributed by atoms with E-state index in [0.717, 1.165) is 18.4 Å². The molecular formula is C16H23F2NO3S. The van der Waals surface area contributed by atoms with Crippen LogP contribution in [0.5, 0.6) is 0 Å². The average molecular weight is 347 g/mol. The van der Waals surface area contributed by atoms with E-state index >= 15 is 0 Å². The van der Waals surface area contributed by atoms with Gasteiger partial charge >= 0.3 is 5.76 Å². The number of hydrogen-bond acceptors (Lipinski definition) is 4. The van der Waals surface area contributed by atoms with Crippen LogP contribution in [0.1, 0.15) is 37.7 Å². The molecule has 0 aromatic heterocycles. The van der Waals surface area contributed by atoms with Gasteiger partial charge in [0.1, 0.15) is 0 Å². The van der Waals surface area contributed by atoms with Gasteiger partial charge in [-0.2, -0.15) is 8.78 Å². The third-order valence-electron chi connectivity index (χ3n) is 4.35. The van der Waals surface area contributed by atoms with E-state index < -0.39 is 15.6 Å². The van der Waals surface area contributed by atoms with Crippen LogP contribution in [-0.4, -0.2) is 43.4 Å². The second-order valence-electron chi connectivity index (χ2n) is 5.94. The molecule has 0 bridgehead atoms. The summed E-state index contributed by atoms with van der Waals surface area (Å²) in [5.41, 5.74) is 0.859. The van der Waals surface area contributed by atoms with E-state index in [2.05, 4.69) is 4.90 Å². The number of benzene rings is 1. The molecule has 0 aliphatic heterocycles. The number of aliphatic hydroxyl groups is 1. The largest absolute Gasteiger partial charge is 0.395 e. The normalized spacial score (nSPS) is 17.1. The quantitative estimate of drug-likeness (QED) is 0.824. The Morgan fingerprint density at radius 1 is 1.13 bits per heavy atom. The molecule has 1 saturated carbocycles. The van der Waals surface area contributed by atoms with Crippen LogP contribution in [0.25, 0.3) is 0 Å². The summed E-state index contributed by atoms with van der Waals surface area (Å²) in [6.45, 7) is 1.20. The first-order chi connectivity index (χ1) is 10.9. The molecule has 0 unspecified atom stereocenters. The van der Waals surface area contributed by atoms with Crippen molar-refractivity contribution in [1.29, 1.82) is 0 Å². The number of nitrogens with zero attached hydrogens (tertiary/aromatic N) is 1. The van der Waals surface area contributed by atoms with Crippen molar-refractivity contribution in [3.63, 3.8) is 0 Å². The lowest BCUT2D eigenvalue weighted by molar-refractivity contribution is 0.117. The number of hydrogen-bond donors (Lipinski definition) is 1. The highest BCUT2D eigenvalue weighted by molar-refractivity contribution is 7.91. The topological polar surface area (TPSA) is 57.6 Å². The zero-order valence-electron chi connectivity index (χ0n) is 13.0. The Morgan fingerprint density at radius 2 is 1.74 bits per heavy atom. The molecule has 7 heteroatoms. The van der Waals surface area contributed by atoms with Gasteiger partial charge in [0.15, 0.2) is 0 Å². The van der Waals surface area contributed by atoms with Gasteiger partial charge in [-0.3, -0.25) is 4.90 Å². The molecule has 1 aliphatic rings. The fourth-order valence-corrected chi connectivity index (χ4v) is 3.81. The summed E-state index contributed by atoms with van der Waals surface area (Å²) in [4.78, 5) is 1.83. The second kappa shape index (κ2) is 8.17. The first-order valence-corrected chi connectivity index (χ1v) is 9.45. The Kier molecular flexibility index (Phi) is 6.50. The van der Waals surface area contributed by atoms with Crippen LogP contribution in [-0.2, 0) is 16.4 Å². The molecule has 0 spiro atoms. The Labute approximate surface area is 136 Å². The maximum Gasteiger partial charge on any atom is 0.341 e. The van der Waals surface area contributed by atoms with E-state index in [1.165, 1.54) is 31.4 Å². The molecule has 4 nitrogen and oxygen atoms in total. The molecule has 0 heterocycles. The summed E-state index contributed by atoms with van der Waals surface area (Å²) in [6, 6.07) is 6.02. The Hall–Kier alpha value is -1.05. The van der Waals surface area contributed by atoms with Crippen molar-refractivity contribution >= 4 is 9.84 Å². The second-order valence-corrected chi connectivity index (χ2v) is 7.85.